The molecule has 0 radical (unpaired) electrons. The highest BCUT2D eigenvalue weighted by Gasteiger charge is 2.16. The van der Waals surface area contributed by atoms with Gasteiger partial charge in [-0.2, -0.15) is 5.10 Å². The van der Waals surface area contributed by atoms with Crippen molar-refractivity contribution in [3.8, 4) is 0 Å². The lowest BCUT2D eigenvalue weighted by Gasteiger charge is -2.14. The van der Waals surface area contributed by atoms with Gasteiger partial charge >= 0.3 is 0 Å². The van der Waals surface area contributed by atoms with E-state index in [2.05, 4.69) is 10.1 Å². The molecule has 2 N–H and O–H groups in total. The molecule has 2 aromatic rings. The normalized spacial score (nSPS) is 12.7. The molecule has 2 aromatic heterocycles. The number of halogens is 1. The first-order chi connectivity index (χ1) is 8.50. The first-order valence-electron chi connectivity index (χ1n) is 5.84. The van der Waals surface area contributed by atoms with Crippen LogP contribution in [0.4, 0.5) is 0 Å². The van der Waals surface area contributed by atoms with E-state index in [1.807, 2.05) is 33.2 Å². The maximum absolute atomic E-state index is 6.24. The van der Waals surface area contributed by atoms with Gasteiger partial charge in [0.25, 0.3) is 0 Å². The zero-order valence-electron chi connectivity index (χ0n) is 10.8. The van der Waals surface area contributed by atoms with E-state index < -0.39 is 0 Å². The number of rotatable bonds is 3. The number of hydrogen-bond donors (Lipinski definition) is 1. The van der Waals surface area contributed by atoms with Gasteiger partial charge in [0.15, 0.2) is 0 Å². The third-order valence-corrected chi connectivity index (χ3v) is 3.65. The van der Waals surface area contributed by atoms with Crippen molar-refractivity contribution in [3.63, 3.8) is 0 Å². The first kappa shape index (κ1) is 13.1. The lowest BCUT2D eigenvalue weighted by molar-refractivity contribution is 0.636. The monoisotopic (exact) mass is 264 g/mol. The van der Waals surface area contributed by atoms with Crippen molar-refractivity contribution >= 4 is 11.6 Å². The van der Waals surface area contributed by atoms with E-state index in [0.29, 0.717) is 11.4 Å². The molecule has 0 amide bonds. The topological polar surface area (TPSA) is 56.7 Å². The van der Waals surface area contributed by atoms with Gasteiger partial charge in [0, 0.05) is 31.9 Å². The second-order valence-corrected chi connectivity index (χ2v) is 4.89. The fraction of sp³-hybridized carbons (Fsp3) is 0.385. The van der Waals surface area contributed by atoms with Gasteiger partial charge in [-0.3, -0.25) is 9.67 Å². The molecule has 4 nitrogen and oxygen atoms in total. The summed E-state index contributed by atoms with van der Waals surface area (Å²) < 4.78 is 1.79. The van der Waals surface area contributed by atoms with Crippen molar-refractivity contribution < 1.29 is 0 Å². The van der Waals surface area contributed by atoms with E-state index in [-0.39, 0.29) is 6.04 Å². The molecule has 2 rings (SSSR count). The smallest absolute Gasteiger partial charge is 0.0847 e. The highest BCUT2D eigenvalue weighted by atomic mass is 35.5. The summed E-state index contributed by atoms with van der Waals surface area (Å²) in [6.45, 7) is 3.93. The summed E-state index contributed by atoms with van der Waals surface area (Å²) in [7, 11) is 1.89. The number of aromatic nitrogens is 3. The molecule has 96 valence electrons. The third kappa shape index (κ3) is 2.40. The molecule has 18 heavy (non-hydrogen) atoms. The van der Waals surface area contributed by atoms with Crippen LogP contribution in [-0.4, -0.2) is 14.8 Å². The molecule has 1 unspecified atom stereocenters. The van der Waals surface area contributed by atoms with Crippen LogP contribution < -0.4 is 5.73 Å². The Balaban J connectivity index is 2.27. The van der Waals surface area contributed by atoms with Gasteiger partial charge in [-0.1, -0.05) is 11.6 Å². The van der Waals surface area contributed by atoms with Gasteiger partial charge in [-0.25, -0.2) is 0 Å². The van der Waals surface area contributed by atoms with E-state index in [0.717, 1.165) is 22.5 Å². The fourth-order valence-electron chi connectivity index (χ4n) is 2.08. The minimum absolute atomic E-state index is 0.119. The summed E-state index contributed by atoms with van der Waals surface area (Å²) in [5.41, 5.74) is 10.2. The summed E-state index contributed by atoms with van der Waals surface area (Å²) in [5.74, 6) is 0. The van der Waals surface area contributed by atoms with Crippen molar-refractivity contribution in [2.45, 2.75) is 26.3 Å². The second kappa shape index (κ2) is 5.08. The molecule has 2 heterocycles. The van der Waals surface area contributed by atoms with Crippen LogP contribution in [0.3, 0.4) is 0 Å². The van der Waals surface area contributed by atoms with Crippen LogP contribution in [0, 0.1) is 13.8 Å². The molecular weight excluding hydrogens is 248 g/mol. The summed E-state index contributed by atoms with van der Waals surface area (Å²) in [4.78, 5) is 4.12. The van der Waals surface area contributed by atoms with Crippen molar-refractivity contribution in [1.82, 2.24) is 14.8 Å². The van der Waals surface area contributed by atoms with Crippen LogP contribution in [0.5, 0.6) is 0 Å². The van der Waals surface area contributed by atoms with Crippen molar-refractivity contribution in [1.29, 1.82) is 0 Å². The van der Waals surface area contributed by atoms with Gasteiger partial charge < -0.3 is 5.73 Å². The zero-order chi connectivity index (χ0) is 13.3. The Labute approximate surface area is 112 Å². The molecule has 0 aliphatic carbocycles. The first-order valence-corrected chi connectivity index (χ1v) is 6.22. The summed E-state index contributed by atoms with van der Waals surface area (Å²) in [6, 6.07) is 1.84. The Morgan fingerprint density at radius 2 is 2.17 bits per heavy atom. The van der Waals surface area contributed by atoms with Gasteiger partial charge in [-0.15, -0.1) is 0 Å². The zero-order valence-corrected chi connectivity index (χ0v) is 11.6. The molecule has 1 atom stereocenters. The van der Waals surface area contributed by atoms with Crippen LogP contribution >= 0.6 is 11.6 Å². The predicted octanol–water partition coefficient (Wildman–Crippen LogP) is 2.33. The quantitative estimate of drug-likeness (QED) is 0.926. The van der Waals surface area contributed by atoms with Crippen LogP contribution in [0.2, 0.25) is 5.02 Å². The lowest BCUT2D eigenvalue weighted by Crippen LogP contribution is -2.17. The molecule has 0 aliphatic rings. The van der Waals surface area contributed by atoms with Crippen LogP contribution in [0.1, 0.15) is 28.6 Å². The average Bonchev–Trinajstić information content (AvgIpc) is 2.56. The van der Waals surface area contributed by atoms with E-state index in [1.54, 1.807) is 10.9 Å². The fourth-order valence-corrected chi connectivity index (χ4v) is 2.32. The highest BCUT2D eigenvalue weighted by Crippen LogP contribution is 2.25. The average molecular weight is 265 g/mol. The largest absolute Gasteiger partial charge is 0.324 e. The summed E-state index contributed by atoms with van der Waals surface area (Å²) >= 11 is 6.23. The van der Waals surface area contributed by atoms with E-state index in [4.69, 9.17) is 17.3 Å². The van der Waals surface area contributed by atoms with Crippen LogP contribution in [-0.2, 0) is 13.5 Å². The second-order valence-electron chi connectivity index (χ2n) is 4.51. The van der Waals surface area contributed by atoms with Gasteiger partial charge in [0.05, 0.1) is 16.4 Å². The Kier molecular flexibility index (Phi) is 3.68. The number of pyridine rings is 1. The van der Waals surface area contributed by atoms with Crippen molar-refractivity contribution in [2.75, 3.05) is 0 Å². The molecule has 0 spiro atoms. The minimum atomic E-state index is -0.119. The lowest BCUT2D eigenvalue weighted by atomic mass is 10.0. The third-order valence-electron chi connectivity index (χ3n) is 3.15. The van der Waals surface area contributed by atoms with Gasteiger partial charge in [-0.05, 0) is 31.0 Å². The highest BCUT2D eigenvalue weighted by molar-refractivity contribution is 6.31. The molecule has 0 aliphatic heterocycles. The van der Waals surface area contributed by atoms with Crippen LogP contribution in [0.15, 0.2) is 18.5 Å². The number of hydrogen-bond acceptors (Lipinski definition) is 3. The molecule has 5 heteroatoms. The Morgan fingerprint density at radius 1 is 1.44 bits per heavy atom. The molecule has 0 saturated heterocycles. The van der Waals surface area contributed by atoms with Crippen LogP contribution in [0.25, 0.3) is 0 Å². The Hall–Kier alpha value is -1.39. The molecule has 0 saturated carbocycles. The number of nitrogens with zero attached hydrogens (tertiary/aromatic N) is 3. The Morgan fingerprint density at radius 3 is 2.72 bits per heavy atom. The minimum Gasteiger partial charge on any atom is -0.324 e. The maximum atomic E-state index is 6.24. The molecule has 0 aromatic carbocycles. The summed E-state index contributed by atoms with van der Waals surface area (Å²) in [5, 5.41) is 5.00. The molecular formula is C13H17ClN4. The van der Waals surface area contributed by atoms with E-state index in [9.17, 15) is 0 Å². The SMILES string of the molecule is Cc1ccncc1C(N)Cc1c(Cl)c(C)nn1C. The summed E-state index contributed by atoms with van der Waals surface area (Å²) in [6.07, 6.45) is 4.24. The van der Waals surface area contributed by atoms with Gasteiger partial charge in [0.1, 0.15) is 0 Å². The van der Waals surface area contributed by atoms with E-state index >= 15 is 0 Å². The predicted molar refractivity (Wildman–Crippen MR) is 72.6 cm³/mol. The molecule has 0 fully saturated rings. The van der Waals surface area contributed by atoms with E-state index in [1.165, 1.54) is 0 Å². The van der Waals surface area contributed by atoms with Gasteiger partial charge in [0.2, 0.25) is 0 Å². The van der Waals surface area contributed by atoms with Crippen molar-refractivity contribution in [3.05, 3.63) is 46.0 Å². The Bertz CT molecular complexity index is 562. The standard InChI is InChI=1S/C13H17ClN4/c1-8-4-5-16-7-10(8)11(15)6-12-13(14)9(2)17-18(12)3/h4-5,7,11H,6,15H2,1-3H3. The van der Waals surface area contributed by atoms with Crippen molar-refractivity contribution in [2.24, 2.45) is 12.8 Å². The number of nitrogens with two attached hydrogens (primary N) is 1. The molecule has 0 bridgehead atoms. The maximum Gasteiger partial charge on any atom is 0.0847 e. The number of aryl methyl sites for hydroxylation is 3.